The van der Waals surface area contributed by atoms with Gasteiger partial charge in [-0.2, -0.15) is 0 Å². The van der Waals surface area contributed by atoms with Gasteiger partial charge in [-0.3, -0.25) is 10.1 Å². The third kappa shape index (κ3) is 3.32. The normalized spacial score (nSPS) is 12.7. The van der Waals surface area contributed by atoms with Crippen LogP contribution in [0.1, 0.15) is 31.2 Å². The molecule has 2 N–H and O–H groups in total. The molecular weight excluding hydrogens is 198 g/mol. The van der Waals surface area contributed by atoms with Crippen LogP contribution in [-0.2, 0) is 11.3 Å². The summed E-state index contributed by atoms with van der Waals surface area (Å²) in [6.07, 6.45) is 1.42. The molecule has 0 aliphatic carbocycles. The van der Waals surface area contributed by atoms with E-state index in [0.717, 1.165) is 6.42 Å². The summed E-state index contributed by atoms with van der Waals surface area (Å²) in [4.78, 5) is 10.8. The van der Waals surface area contributed by atoms with Crippen LogP contribution in [0.4, 0.5) is 0 Å². The molecule has 0 aliphatic heterocycles. The molecule has 0 saturated carbocycles. The average Bonchev–Trinajstić information content (AvgIpc) is 2.58. The molecular formula is C9H15N3O3. The maximum atomic E-state index is 10.8. The van der Waals surface area contributed by atoms with Crippen LogP contribution in [0.5, 0.6) is 0 Å². The first-order chi connectivity index (χ1) is 7.15. The molecule has 1 aromatic rings. The molecule has 1 rings (SSSR count). The van der Waals surface area contributed by atoms with E-state index in [1.807, 2.05) is 6.92 Å². The van der Waals surface area contributed by atoms with Gasteiger partial charge in [0.1, 0.15) is 17.4 Å². The highest BCUT2D eigenvalue weighted by Gasteiger charge is 2.16. The Morgan fingerprint density at radius 1 is 1.60 bits per heavy atom. The second kappa shape index (κ2) is 5.45. The Morgan fingerprint density at radius 2 is 2.33 bits per heavy atom. The zero-order chi connectivity index (χ0) is 11.3. The number of rotatable bonds is 6. The lowest BCUT2D eigenvalue weighted by atomic mass is 10.1. The van der Waals surface area contributed by atoms with Crippen molar-refractivity contribution in [3.05, 3.63) is 11.4 Å². The molecule has 0 aliphatic rings. The third-order valence-corrected chi connectivity index (χ3v) is 2.14. The smallest absolute Gasteiger partial charge is 0.320 e. The minimum Gasteiger partial charge on any atom is -0.480 e. The van der Waals surface area contributed by atoms with E-state index < -0.39 is 12.0 Å². The Hall–Kier alpha value is -1.43. The van der Waals surface area contributed by atoms with E-state index in [1.165, 1.54) is 0 Å². The lowest BCUT2D eigenvalue weighted by Gasteiger charge is -2.11. The SMILES string of the molecule is CCCC(NCc1nonc1C)C(=O)O. The van der Waals surface area contributed by atoms with Crippen molar-refractivity contribution in [3.8, 4) is 0 Å². The highest BCUT2D eigenvalue weighted by Crippen LogP contribution is 2.02. The molecule has 0 radical (unpaired) electrons. The topological polar surface area (TPSA) is 88.3 Å². The highest BCUT2D eigenvalue weighted by molar-refractivity contribution is 5.73. The predicted molar refractivity (Wildman–Crippen MR) is 52.2 cm³/mol. The standard InChI is InChI=1S/C9H15N3O3/c1-3-4-7(9(13)14)10-5-8-6(2)11-15-12-8/h7,10H,3-5H2,1-2H3,(H,13,14). The summed E-state index contributed by atoms with van der Waals surface area (Å²) < 4.78 is 4.51. The van der Waals surface area contributed by atoms with Crippen LogP contribution in [0, 0.1) is 6.92 Å². The largest absolute Gasteiger partial charge is 0.480 e. The van der Waals surface area contributed by atoms with Gasteiger partial charge in [0.2, 0.25) is 0 Å². The van der Waals surface area contributed by atoms with Gasteiger partial charge in [-0.05, 0) is 13.3 Å². The fourth-order valence-electron chi connectivity index (χ4n) is 1.23. The molecule has 0 aromatic carbocycles. The monoisotopic (exact) mass is 213 g/mol. The Morgan fingerprint density at radius 3 is 2.80 bits per heavy atom. The van der Waals surface area contributed by atoms with Gasteiger partial charge in [0, 0.05) is 6.54 Å². The molecule has 1 unspecified atom stereocenters. The second-order valence-electron chi connectivity index (χ2n) is 3.36. The van der Waals surface area contributed by atoms with Crippen molar-refractivity contribution in [2.75, 3.05) is 0 Å². The van der Waals surface area contributed by atoms with Gasteiger partial charge in [-0.1, -0.05) is 23.7 Å². The molecule has 15 heavy (non-hydrogen) atoms. The number of hydrogen-bond donors (Lipinski definition) is 2. The van der Waals surface area contributed by atoms with Gasteiger partial charge in [0.15, 0.2) is 0 Å². The molecule has 84 valence electrons. The maximum absolute atomic E-state index is 10.8. The maximum Gasteiger partial charge on any atom is 0.320 e. The van der Waals surface area contributed by atoms with Crippen molar-refractivity contribution in [1.82, 2.24) is 15.6 Å². The highest BCUT2D eigenvalue weighted by atomic mass is 16.6. The number of carboxylic acid groups (broad SMARTS) is 1. The van der Waals surface area contributed by atoms with Crippen LogP contribution in [0.3, 0.4) is 0 Å². The molecule has 0 fully saturated rings. The van der Waals surface area contributed by atoms with Crippen molar-refractivity contribution in [3.63, 3.8) is 0 Å². The molecule has 6 nitrogen and oxygen atoms in total. The Labute approximate surface area is 87.6 Å². The molecule has 0 amide bonds. The number of nitrogens with one attached hydrogen (secondary N) is 1. The first-order valence-electron chi connectivity index (χ1n) is 4.89. The number of aryl methyl sites for hydroxylation is 1. The number of carbonyl (C=O) groups is 1. The van der Waals surface area contributed by atoms with E-state index in [2.05, 4.69) is 20.3 Å². The zero-order valence-corrected chi connectivity index (χ0v) is 8.86. The van der Waals surface area contributed by atoms with Crippen molar-refractivity contribution in [2.24, 2.45) is 0 Å². The number of aliphatic carboxylic acids is 1. The summed E-state index contributed by atoms with van der Waals surface area (Å²) in [5.41, 5.74) is 1.33. The molecule has 1 aromatic heterocycles. The van der Waals surface area contributed by atoms with Crippen molar-refractivity contribution >= 4 is 5.97 Å². The molecule has 0 saturated heterocycles. The fourth-order valence-corrected chi connectivity index (χ4v) is 1.23. The van der Waals surface area contributed by atoms with Crippen molar-refractivity contribution in [2.45, 2.75) is 39.3 Å². The molecule has 6 heteroatoms. The van der Waals surface area contributed by atoms with E-state index in [9.17, 15) is 4.79 Å². The molecule has 1 atom stereocenters. The van der Waals surface area contributed by atoms with E-state index >= 15 is 0 Å². The van der Waals surface area contributed by atoms with Gasteiger partial charge >= 0.3 is 5.97 Å². The number of carboxylic acids is 1. The van der Waals surface area contributed by atoms with E-state index in [0.29, 0.717) is 24.4 Å². The summed E-state index contributed by atoms with van der Waals surface area (Å²) in [5, 5.41) is 19.1. The van der Waals surface area contributed by atoms with E-state index in [4.69, 9.17) is 5.11 Å². The Balaban J connectivity index is 2.47. The van der Waals surface area contributed by atoms with Crippen LogP contribution in [0.15, 0.2) is 4.63 Å². The Kier molecular flexibility index (Phi) is 4.23. The number of hydrogen-bond acceptors (Lipinski definition) is 5. The number of aromatic nitrogens is 2. The Bertz CT molecular complexity index is 324. The predicted octanol–water partition coefficient (Wildman–Crippen LogP) is 0.721. The van der Waals surface area contributed by atoms with Gasteiger partial charge in [-0.25, -0.2) is 4.63 Å². The van der Waals surface area contributed by atoms with Crippen molar-refractivity contribution in [1.29, 1.82) is 0 Å². The molecule has 0 bridgehead atoms. The zero-order valence-electron chi connectivity index (χ0n) is 8.86. The minimum absolute atomic E-state index is 0.367. The third-order valence-electron chi connectivity index (χ3n) is 2.14. The van der Waals surface area contributed by atoms with Crippen molar-refractivity contribution < 1.29 is 14.5 Å². The van der Waals surface area contributed by atoms with Crippen LogP contribution in [0.25, 0.3) is 0 Å². The molecule has 0 spiro atoms. The lowest BCUT2D eigenvalue weighted by Crippen LogP contribution is -2.36. The summed E-state index contributed by atoms with van der Waals surface area (Å²) in [6, 6.07) is -0.536. The van der Waals surface area contributed by atoms with Gasteiger partial charge < -0.3 is 5.11 Å². The average molecular weight is 213 g/mol. The van der Waals surface area contributed by atoms with Gasteiger partial charge in [0.05, 0.1) is 0 Å². The first kappa shape index (κ1) is 11.6. The minimum atomic E-state index is -0.842. The first-order valence-corrected chi connectivity index (χ1v) is 4.89. The quantitative estimate of drug-likeness (QED) is 0.723. The summed E-state index contributed by atoms with van der Waals surface area (Å²) in [7, 11) is 0. The summed E-state index contributed by atoms with van der Waals surface area (Å²) >= 11 is 0. The summed E-state index contributed by atoms with van der Waals surface area (Å²) in [6.45, 7) is 4.08. The number of nitrogens with zero attached hydrogens (tertiary/aromatic N) is 2. The van der Waals surface area contributed by atoms with E-state index in [-0.39, 0.29) is 0 Å². The van der Waals surface area contributed by atoms with Crippen LogP contribution in [-0.4, -0.2) is 27.4 Å². The van der Waals surface area contributed by atoms with Gasteiger partial charge in [-0.15, -0.1) is 0 Å². The van der Waals surface area contributed by atoms with Crippen LogP contribution in [0.2, 0.25) is 0 Å². The fraction of sp³-hybridized carbons (Fsp3) is 0.667. The van der Waals surface area contributed by atoms with Gasteiger partial charge in [0.25, 0.3) is 0 Å². The summed E-state index contributed by atoms with van der Waals surface area (Å²) in [5.74, 6) is -0.842. The van der Waals surface area contributed by atoms with Crippen LogP contribution >= 0.6 is 0 Å². The van der Waals surface area contributed by atoms with Crippen LogP contribution < -0.4 is 5.32 Å². The lowest BCUT2D eigenvalue weighted by molar-refractivity contribution is -0.139. The van der Waals surface area contributed by atoms with E-state index in [1.54, 1.807) is 6.92 Å². The second-order valence-corrected chi connectivity index (χ2v) is 3.36. The molecule has 1 heterocycles.